The maximum atomic E-state index is 13.8. The van der Waals surface area contributed by atoms with Crippen molar-refractivity contribution >= 4 is 34.2 Å². The summed E-state index contributed by atoms with van der Waals surface area (Å²) in [4.78, 5) is 36.9. The fourth-order valence-electron chi connectivity index (χ4n) is 2.22. The molecule has 1 N–H and O–H groups in total. The first kappa shape index (κ1) is 19.6. The van der Waals surface area contributed by atoms with E-state index >= 15 is 0 Å². The van der Waals surface area contributed by atoms with Gasteiger partial charge in [0.1, 0.15) is 15.7 Å². The van der Waals surface area contributed by atoms with Crippen molar-refractivity contribution in [3.63, 3.8) is 0 Å². The number of hydrogen-bond acceptors (Lipinski definition) is 6. The molecule has 138 valence electrons. The lowest BCUT2D eigenvalue weighted by atomic mass is 10.1. The van der Waals surface area contributed by atoms with Gasteiger partial charge in [-0.15, -0.1) is 11.3 Å². The highest BCUT2D eigenvalue weighted by Gasteiger charge is 2.28. The quantitative estimate of drug-likeness (QED) is 0.799. The monoisotopic (exact) mass is 379 g/mol. The van der Waals surface area contributed by atoms with E-state index in [1.165, 1.54) is 25.3 Å². The van der Waals surface area contributed by atoms with Gasteiger partial charge in [-0.1, -0.05) is 12.1 Å². The summed E-state index contributed by atoms with van der Waals surface area (Å²) in [6.07, 6.45) is -0.390. The largest absolute Gasteiger partial charge is 0.465 e. The SMILES string of the molecule is COC(=O)c1sc(NC(=O)c2ccccc2F)c(C(=O)OC(C)C)c1C. The van der Waals surface area contributed by atoms with Gasteiger partial charge < -0.3 is 14.8 Å². The van der Waals surface area contributed by atoms with Gasteiger partial charge in [0, 0.05) is 0 Å². The van der Waals surface area contributed by atoms with E-state index in [0.29, 0.717) is 5.56 Å². The first-order chi connectivity index (χ1) is 12.3. The highest BCUT2D eigenvalue weighted by Crippen LogP contribution is 2.34. The summed E-state index contributed by atoms with van der Waals surface area (Å²) >= 11 is 0.873. The van der Waals surface area contributed by atoms with Crippen molar-refractivity contribution in [1.29, 1.82) is 0 Å². The molecule has 0 atom stereocenters. The van der Waals surface area contributed by atoms with Gasteiger partial charge >= 0.3 is 11.9 Å². The molecule has 0 aliphatic heterocycles. The average Bonchev–Trinajstić information content (AvgIpc) is 2.90. The first-order valence-electron chi connectivity index (χ1n) is 7.74. The Labute approximate surface area is 153 Å². The minimum Gasteiger partial charge on any atom is -0.465 e. The molecule has 0 spiro atoms. The number of amides is 1. The lowest BCUT2D eigenvalue weighted by molar-refractivity contribution is 0.0379. The summed E-state index contributed by atoms with van der Waals surface area (Å²) in [6.45, 7) is 4.91. The minimum atomic E-state index is -0.737. The Morgan fingerprint density at radius 3 is 2.38 bits per heavy atom. The number of methoxy groups -OCH3 is 1. The number of hydrogen-bond donors (Lipinski definition) is 1. The predicted octanol–water partition coefficient (Wildman–Crippen LogP) is 3.80. The van der Waals surface area contributed by atoms with Gasteiger partial charge in [0.05, 0.1) is 24.3 Å². The molecule has 2 aromatic rings. The fraction of sp³-hybridized carbons (Fsp3) is 0.278. The molecule has 1 amide bonds. The Morgan fingerprint density at radius 1 is 1.15 bits per heavy atom. The molecule has 0 fully saturated rings. The smallest absolute Gasteiger partial charge is 0.348 e. The zero-order valence-electron chi connectivity index (χ0n) is 14.7. The van der Waals surface area contributed by atoms with Gasteiger partial charge in [0.2, 0.25) is 0 Å². The normalized spacial score (nSPS) is 10.5. The van der Waals surface area contributed by atoms with Gasteiger partial charge in [-0.05, 0) is 38.5 Å². The van der Waals surface area contributed by atoms with Gasteiger partial charge in [0.25, 0.3) is 5.91 Å². The molecule has 8 heteroatoms. The van der Waals surface area contributed by atoms with Gasteiger partial charge in [-0.3, -0.25) is 4.79 Å². The van der Waals surface area contributed by atoms with E-state index in [1.807, 2.05) is 0 Å². The lowest BCUT2D eigenvalue weighted by Gasteiger charge is -2.10. The Morgan fingerprint density at radius 2 is 1.81 bits per heavy atom. The number of nitrogens with one attached hydrogen (secondary N) is 1. The van der Waals surface area contributed by atoms with Crippen LogP contribution in [0.1, 0.15) is 49.8 Å². The maximum absolute atomic E-state index is 13.8. The van der Waals surface area contributed by atoms with Crippen LogP contribution in [0.3, 0.4) is 0 Å². The molecule has 2 rings (SSSR count). The van der Waals surface area contributed by atoms with E-state index in [-0.39, 0.29) is 21.0 Å². The number of thiophene rings is 1. The Bertz CT molecular complexity index is 859. The number of rotatable bonds is 5. The van der Waals surface area contributed by atoms with Crippen molar-refractivity contribution in [1.82, 2.24) is 0 Å². The van der Waals surface area contributed by atoms with Crippen LogP contribution < -0.4 is 5.32 Å². The van der Waals surface area contributed by atoms with E-state index in [2.05, 4.69) is 5.32 Å². The van der Waals surface area contributed by atoms with E-state index < -0.39 is 29.8 Å². The van der Waals surface area contributed by atoms with E-state index in [1.54, 1.807) is 20.8 Å². The Hall–Kier alpha value is -2.74. The number of carbonyl (C=O) groups is 3. The first-order valence-corrected chi connectivity index (χ1v) is 8.56. The van der Waals surface area contributed by atoms with Crippen LogP contribution in [0.15, 0.2) is 24.3 Å². The number of esters is 2. The van der Waals surface area contributed by atoms with Crippen LogP contribution in [-0.4, -0.2) is 31.1 Å². The highest BCUT2D eigenvalue weighted by molar-refractivity contribution is 7.18. The number of anilines is 1. The molecule has 1 aromatic carbocycles. The molecule has 6 nitrogen and oxygen atoms in total. The molecule has 0 saturated carbocycles. The molecule has 0 aliphatic rings. The highest BCUT2D eigenvalue weighted by atomic mass is 32.1. The third-order valence-electron chi connectivity index (χ3n) is 3.41. The van der Waals surface area contributed by atoms with Crippen LogP contribution in [0.5, 0.6) is 0 Å². The summed E-state index contributed by atoms with van der Waals surface area (Å²) in [5.41, 5.74) is 0.200. The predicted molar refractivity (Wildman–Crippen MR) is 95.3 cm³/mol. The van der Waals surface area contributed by atoms with Crippen molar-refractivity contribution in [3.8, 4) is 0 Å². The molecule has 0 saturated heterocycles. The minimum absolute atomic E-state index is 0.0498. The van der Waals surface area contributed by atoms with Crippen molar-refractivity contribution in [2.45, 2.75) is 26.9 Å². The van der Waals surface area contributed by atoms with Crippen molar-refractivity contribution in [2.75, 3.05) is 12.4 Å². The molecule has 0 bridgehead atoms. The average molecular weight is 379 g/mol. The molecular weight excluding hydrogens is 361 g/mol. The van der Waals surface area contributed by atoms with E-state index in [4.69, 9.17) is 9.47 Å². The molecular formula is C18H18FNO5S. The number of halogens is 1. The molecule has 0 radical (unpaired) electrons. The number of ether oxygens (including phenoxy) is 2. The molecule has 1 aromatic heterocycles. The van der Waals surface area contributed by atoms with E-state index in [0.717, 1.165) is 17.4 Å². The Balaban J connectivity index is 2.46. The molecule has 0 aliphatic carbocycles. The van der Waals surface area contributed by atoms with Gasteiger partial charge in [-0.2, -0.15) is 0 Å². The number of benzene rings is 1. The van der Waals surface area contributed by atoms with Crippen LogP contribution in [0, 0.1) is 12.7 Å². The van der Waals surface area contributed by atoms with Crippen LogP contribution in [0.4, 0.5) is 9.39 Å². The summed E-state index contributed by atoms with van der Waals surface area (Å²) < 4.78 is 23.7. The Kier molecular flexibility index (Phi) is 6.10. The zero-order chi connectivity index (χ0) is 19.4. The molecule has 0 unspecified atom stereocenters. The second-order valence-electron chi connectivity index (χ2n) is 5.64. The standard InChI is InChI=1S/C18H18FNO5S/c1-9(2)25-17(22)13-10(3)14(18(23)24-4)26-16(13)20-15(21)11-7-5-6-8-12(11)19/h5-9H,1-4H3,(H,20,21). The lowest BCUT2D eigenvalue weighted by Crippen LogP contribution is -2.17. The van der Waals surface area contributed by atoms with Crippen molar-refractivity contribution in [3.05, 3.63) is 51.7 Å². The summed E-state index contributed by atoms with van der Waals surface area (Å²) in [5.74, 6) is -2.76. The summed E-state index contributed by atoms with van der Waals surface area (Å²) in [5, 5.41) is 2.59. The molecule has 1 heterocycles. The number of carbonyl (C=O) groups excluding carboxylic acids is 3. The van der Waals surface area contributed by atoms with Crippen LogP contribution in [0.2, 0.25) is 0 Å². The third kappa shape index (κ3) is 4.08. The third-order valence-corrected chi connectivity index (χ3v) is 4.60. The second-order valence-corrected chi connectivity index (χ2v) is 6.66. The van der Waals surface area contributed by atoms with Crippen molar-refractivity contribution in [2.24, 2.45) is 0 Å². The topological polar surface area (TPSA) is 81.7 Å². The van der Waals surface area contributed by atoms with E-state index in [9.17, 15) is 18.8 Å². The zero-order valence-corrected chi connectivity index (χ0v) is 15.5. The summed E-state index contributed by atoms with van der Waals surface area (Å²) in [6, 6.07) is 5.45. The van der Waals surface area contributed by atoms with Crippen molar-refractivity contribution < 1.29 is 28.2 Å². The second kappa shape index (κ2) is 8.09. The summed E-state index contributed by atoms with van der Waals surface area (Å²) in [7, 11) is 1.21. The van der Waals surface area contributed by atoms with Gasteiger partial charge in [-0.25, -0.2) is 14.0 Å². The van der Waals surface area contributed by atoms with Crippen LogP contribution >= 0.6 is 11.3 Å². The molecule has 26 heavy (non-hydrogen) atoms. The van der Waals surface area contributed by atoms with Gasteiger partial charge in [0.15, 0.2) is 0 Å². The fourth-order valence-corrected chi connectivity index (χ4v) is 3.33. The van der Waals surface area contributed by atoms with Crippen LogP contribution in [-0.2, 0) is 9.47 Å². The maximum Gasteiger partial charge on any atom is 0.348 e. The van der Waals surface area contributed by atoms with Crippen LogP contribution in [0.25, 0.3) is 0 Å².